The predicted octanol–water partition coefficient (Wildman–Crippen LogP) is 2.22. The van der Waals surface area contributed by atoms with Gasteiger partial charge in [0.2, 0.25) is 0 Å². The van der Waals surface area contributed by atoms with E-state index >= 15 is 0 Å². The van der Waals surface area contributed by atoms with Crippen LogP contribution in [0.3, 0.4) is 0 Å². The molecule has 18 heavy (non-hydrogen) atoms. The summed E-state index contributed by atoms with van der Waals surface area (Å²) in [6.45, 7) is 10.4. The summed E-state index contributed by atoms with van der Waals surface area (Å²) in [4.78, 5) is 2.59. The number of hydrogen-bond acceptors (Lipinski definition) is 3. The highest BCUT2D eigenvalue weighted by molar-refractivity contribution is 4.98. The van der Waals surface area contributed by atoms with E-state index in [9.17, 15) is 0 Å². The van der Waals surface area contributed by atoms with Crippen LogP contribution in [0.5, 0.6) is 0 Å². The molecule has 3 rings (SSSR count). The maximum absolute atomic E-state index is 6.28. The van der Waals surface area contributed by atoms with Crippen molar-refractivity contribution in [1.82, 2.24) is 10.2 Å². The molecule has 0 bridgehead atoms. The molecule has 0 amide bonds. The van der Waals surface area contributed by atoms with Gasteiger partial charge >= 0.3 is 0 Å². The molecule has 0 radical (unpaired) electrons. The van der Waals surface area contributed by atoms with Crippen LogP contribution in [0.15, 0.2) is 0 Å². The number of hydrogen-bond donors (Lipinski definition) is 1. The summed E-state index contributed by atoms with van der Waals surface area (Å²) in [5.41, 5.74) is 0.536. The van der Waals surface area contributed by atoms with Crippen molar-refractivity contribution < 1.29 is 4.74 Å². The maximum atomic E-state index is 6.28. The van der Waals surface area contributed by atoms with Crippen LogP contribution in [0.25, 0.3) is 0 Å². The Morgan fingerprint density at radius 3 is 2.33 bits per heavy atom. The van der Waals surface area contributed by atoms with Crippen molar-refractivity contribution in [2.75, 3.05) is 32.8 Å². The van der Waals surface area contributed by atoms with Crippen molar-refractivity contribution in [1.29, 1.82) is 0 Å². The first-order valence-corrected chi connectivity index (χ1v) is 7.73. The highest BCUT2D eigenvalue weighted by Crippen LogP contribution is 2.45. The summed E-state index contributed by atoms with van der Waals surface area (Å²) < 4.78 is 6.28. The summed E-state index contributed by atoms with van der Waals surface area (Å²) >= 11 is 0. The fourth-order valence-corrected chi connectivity index (χ4v) is 3.67. The molecule has 3 aliphatic rings. The molecule has 3 heteroatoms. The van der Waals surface area contributed by atoms with Crippen LogP contribution in [0, 0.1) is 11.3 Å². The van der Waals surface area contributed by atoms with Gasteiger partial charge in [0.05, 0.1) is 6.61 Å². The van der Waals surface area contributed by atoms with Gasteiger partial charge in [-0.1, -0.05) is 20.3 Å². The number of likely N-dealkylation sites (tertiary alicyclic amines) is 1. The topological polar surface area (TPSA) is 24.5 Å². The van der Waals surface area contributed by atoms with Crippen molar-refractivity contribution in [2.45, 2.75) is 51.7 Å². The fraction of sp³-hybridized carbons (Fsp3) is 1.00. The van der Waals surface area contributed by atoms with Crippen LogP contribution in [-0.2, 0) is 4.74 Å². The number of rotatable bonds is 2. The van der Waals surface area contributed by atoms with E-state index in [4.69, 9.17) is 4.74 Å². The number of nitrogens with zero attached hydrogens (tertiary/aromatic N) is 1. The van der Waals surface area contributed by atoms with Crippen molar-refractivity contribution >= 4 is 0 Å². The Kier molecular flexibility index (Phi) is 3.41. The minimum absolute atomic E-state index is 0.0221. The van der Waals surface area contributed by atoms with Crippen molar-refractivity contribution in [2.24, 2.45) is 11.3 Å². The van der Waals surface area contributed by atoms with Gasteiger partial charge in [0.1, 0.15) is 5.72 Å². The van der Waals surface area contributed by atoms with Gasteiger partial charge in [-0.3, -0.25) is 5.32 Å². The zero-order chi connectivity index (χ0) is 12.6. The van der Waals surface area contributed by atoms with E-state index in [0.29, 0.717) is 5.41 Å². The van der Waals surface area contributed by atoms with Crippen molar-refractivity contribution in [3.8, 4) is 0 Å². The quantitative estimate of drug-likeness (QED) is 0.815. The van der Waals surface area contributed by atoms with Crippen LogP contribution >= 0.6 is 0 Å². The van der Waals surface area contributed by atoms with E-state index in [1.807, 2.05) is 0 Å². The standard InChI is InChI=1S/C15H28N2O/c1-13(2)10-17-8-6-15(7-9-17)16-11-14(12-18-15)4-3-5-14/h13,16H,3-12H2,1-2H3. The Hall–Kier alpha value is -0.120. The van der Waals surface area contributed by atoms with Gasteiger partial charge < -0.3 is 9.64 Å². The van der Waals surface area contributed by atoms with E-state index in [1.54, 1.807) is 0 Å². The van der Waals surface area contributed by atoms with Gasteiger partial charge in [-0.05, 0) is 18.8 Å². The van der Waals surface area contributed by atoms with Crippen LogP contribution in [-0.4, -0.2) is 43.4 Å². The molecular weight excluding hydrogens is 224 g/mol. The third-order valence-corrected chi connectivity index (χ3v) is 5.14. The molecule has 1 N–H and O–H groups in total. The Morgan fingerprint density at radius 1 is 1.17 bits per heavy atom. The lowest BCUT2D eigenvalue weighted by Crippen LogP contribution is -2.64. The number of piperidine rings is 1. The highest BCUT2D eigenvalue weighted by Gasteiger charge is 2.47. The molecule has 1 aliphatic carbocycles. The summed E-state index contributed by atoms with van der Waals surface area (Å²) in [5.74, 6) is 0.775. The van der Waals surface area contributed by atoms with Gasteiger partial charge in [0.25, 0.3) is 0 Å². The molecule has 104 valence electrons. The zero-order valence-corrected chi connectivity index (χ0v) is 12.0. The third kappa shape index (κ3) is 2.45. The third-order valence-electron chi connectivity index (χ3n) is 5.14. The summed E-state index contributed by atoms with van der Waals surface area (Å²) in [5, 5.41) is 3.75. The molecule has 0 unspecified atom stereocenters. The Labute approximate surface area is 111 Å². The first-order valence-electron chi connectivity index (χ1n) is 7.73. The molecule has 1 saturated carbocycles. The van der Waals surface area contributed by atoms with Gasteiger partial charge in [-0.25, -0.2) is 0 Å². The molecule has 0 aromatic rings. The van der Waals surface area contributed by atoms with Crippen LogP contribution in [0.4, 0.5) is 0 Å². The molecule has 2 spiro atoms. The van der Waals surface area contributed by atoms with E-state index in [2.05, 4.69) is 24.1 Å². The van der Waals surface area contributed by atoms with Crippen LogP contribution in [0.2, 0.25) is 0 Å². The monoisotopic (exact) mass is 252 g/mol. The summed E-state index contributed by atoms with van der Waals surface area (Å²) in [6.07, 6.45) is 6.47. The molecule has 0 atom stereocenters. The molecule has 2 heterocycles. The molecule has 0 aromatic carbocycles. The minimum atomic E-state index is 0.0221. The smallest absolute Gasteiger partial charge is 0.121 e. The first-order chi connectivity index (χ1) is 8.62. The van der Waals surface area contributed by atoms with E-state index in [0.717, 1.165) is 25.4 Å². The number of nitrogens with one attached hydrogen (secondary N) is 1. The Morgan fingerprint density at radius 2 is 1.89 bits per heavy atom. The average molecular weight is 252 g/mol. The lowest BCUT2D eigenvalue weighted by Gasteiger charge is -2.53. The molecule has 3 fully saturated rings. The van der Waals surface area contributed by atoms with Gasteiger partial charge in [0, 0.05) is 44.4 Å². The van der Waals surface area contributed by atoms with Crippen LogP contribution in [0.1, 0.15) is 46.0 Å². The van der Waals surface area contributed by atoms with E-state index in [-0.39, 0.29) is 5.72 Å². The van der Waals surface area contributed by atoms with Gasteiger partial charge in [-0.15, -0.1) is 0 Å². The SMILES string of the molecule is CC(C)CN1CCC2(CC1)NCC1(CCC1)CO2. The van der Waals surface area contributed by atoms with Crippen LogP contribution < -0.4 is 5.32 Å². The zero-order valence-electron chi connectivity index (χ0n) is 12.0. The number of ether oxygens (including phenoxy) is 1. The van der Waals surface area contributed by atoms with E-state index < -0.39 is 0 Å². The Bertz CT molecular complexity index is 279. The largest absolute Gasteiger partial charge is 0.360 e. The highest BCUT2D eigenvalue weighted by atomic mass is 16.5. The summed E-state index contributed by atoms with van der Waals surface area (Å²) in [7, 11) is 0. The second kappa shape index (κ2) is 4.77. The Balaban J connectivity index is 1.50. The van der Waals surface area contributed by atoms with Gasteiger partial charge in [0.15, 0.2) is 0 Å². The summed E-state index contributed by atoms with van der Waals surface area (Å²) in [6, 6.07) is 0. The predicted molar refractivity (Wildman–Crippen MR) is 73.5 cm³/mol. The molecule has 2 saturated heterocycles. The molecular formula is C15H28N2O. The first kappa shape index (κ1) is 12.9. The second-order valence-electron chi connectivity index (χ2n) is 7.18. The van der Waals surface area contributed by atoms with E-state index in [1.165, 1.54) is 45.4 Å². The minimum Gasteiger partial charge on any atom is -0.360 e. The average Bonchev–Trinajstić information content (AvgIpc) is 2.31. The normalized spacial score (nSPS) is 30.8. The molecule has 0 aromatic heterocycles. The lowest BCUT2D eigenvalue weighted by molar-refractivity contribution is -0.184. The maximum Gasteiger partial charge on any atom is 0.121 e. The second-order valence-corrected chi connectivity index (χ2v) is 7.18. The van der Waals surface area contributed by atoms with Crippen molar-refractivity contribution in [3.63, 3.8) is 0 Å². The molecule has 3 nitrogen and oxygen atoms in total. The molecule has 2 aliphatic heterocycles. The van der Waals surface area contributed by atoms with Crippen molar-refractivity contribution in [3.05, 3.63) is 0 Å². The van der Waals surface area contributed by atoms with Gasteiger partial charge in [-0.2, -0.15) is 0 Å². The lowest BCUT2D eigenvalue weighted by atomic mass is 9.68. The fourth-order valence-electron chi connectivity index (χ4n) is 3.67.